The highest BCUT2D eigenvalue weighted by molar-refractivity contribution is 5.42. The molecule has 1 saturated heterocycles. The summed E-state index contributed by atoms with van der Waals surface area (Å²) in [5.74, 6) is 0. The second-order valence-electron chi connectivity index (χ2n) is 5.47. The molecule has 1 N–H and O–H groups in total. The molecule has 1 aliphatic heterocycles. The van der Waals surface area contributed by atoms with Crippen LogP contribution < -0.4 is 5.32 Å². The summed E-state index contributed by atoms with van der Waals surface area (Å²) in [6.07, 6.45) is 3.19. The van der Waals surface area contributed by atoms with Crippen LogP contribution in [0.4, 0.5) is 5.69 Å². The van der Waals surface area contributed by atoms with Gasteiger partial charge in [0.2, 0.25) is 0 Å². The number of nitrogens with one attached hydrogen (secondary N) is 1. The van der Waals surface area contributed by atoms with Crippen molar-refractivity contribution in [1.82, 2.24) is 14.8 Å². The number of likely N-dealkylation sites (tertiary alicyclic amines) is 1. The van der Waals surface area contributed by atoms with Crippen molar-refractivity contribution in [3.05, 3.63) is 24.0 Å². The Bertz CT molecular complexity index is 403. The van der Waals surface area contributed by atoms with Crippen LogP contribution in [-0.2, 0) is 6.54 Å². The van der Waals surface area contributed by atoms with E-state index in [4.69, 9.17) is 0 Å². The molecule has 1 unspecified atom stereocenters. The first-order chi connectivity index (χ1) is 9.76. The molecule has 2 rings (SSSR count). The van der Waals surface area contributed by atoms with Crippen LogP contribution in [0.3, 0.4) is 0 Å². The van der Waals surface area contributed by atoms with Crippen molar-refractivity contribution in [2.45, 2.75) is 39.8 Å². The highest BCUT2D eigenvalue weighted by atomic mass is 15.2. The number of rotatable bonds is 7. The van der Waals surface area contributed by atoms with Gasteiger partial charge in [0.05, 0.1) is 5.69 Å². The monoisotopic (exact) mass is 276 g/mol. The Morgan fingerprint density at radius 3 is 2.85 bits per heavy atom. The first-order valence-corrected chi connectivity index (χ1v) is 7.92. The average Bonchev–Trinajstić information content (AvgIpc) is 2.89. The van der Waals surface area contributed by atoms with Gasteiger partial charge in [-0.1, -0.05) is 13.8 Å². The Hall–Kier alpha value is -1.13. The second-order valence-corrected chi connectivity index (χ2v) is 5.47. The van der Waals surface area contributed by atoms with Crippen LogP contribution in [0.1, 0.15) is 32.9 Å². The Balaban J connectivity index is 1.90. The van der Waals surface area contributed by atoms with Crippen LogP contribution in [0.15, 0.2) is 18.3 Å². The lowest BCUT2D eigenvalue weighted by atomic mass is 10.2. The number of hydrogen-bond acceptors (Lipinski definition) is 4. The van der Waals surface area contributed by atoms with Crippen LogP contribution in [0.2, 0.25) is 0 Å². The number of aromatic nitrogens is 1. The van der Waals surface area contributed by atoms with E-state index in [0.717, 1.165) is 32.2 Å². The molecule has 1 fully saturated rings. The summed E-state index contributed by atoms with van der Waals surface area (Å²) >= 11 is 0. The van der Waals surface area contributed by atoms with E-state index in [9.17, 15) is 0 Å². The number of anilines is 1. The third kappa shape index (κ3) is 3.93. The van der Waals surface area contributed by atoms with Gasteiger partial charge in [0, 0.05) is 44.1 Å². The van der Waals surface area contributed by atoms with Crippen molar-refractivity contribution in [3.63, 3.8) is 0 Å². The largest absolute Gasteiger partial charge is 0.385 e. The summed E-state index contributed by atoms with van der Waals surface area (Å²) in [6, 6.07) is 4.94. The zero-order valence-corrected chi connectivity index (χ0v) is 13.1. The van der Waals surface area contributed by atoms with Gasteiger partial charge in [-0.15, -0.1) is 0 Å². The van der Waals surface area contributed by atoms with Gasteiger partial charge in [-0.2, -0.15) is 0 Å². The topological polar surface area (TPSA) is 31.4 Å². The van der Waals surface area contributed by atoms with Gasteiger partial charge in [-0.05, 0) is 38.6 Å². The number of likely N-dealkylation sites (N-methyl/N-ethyl adjacent to an activating group) is 1. The van der Waals surface area contributed by atoms with Crippen molar-refractivity contribution in [2.75, 3.05) is 38.0 Å². The molecular weight excluding hydrogens is 248 g/mol. The minimum absolute atomic E-state index is 0.724. The van der Waals surface area contributed by atoms with Crippen molar-refractivity contribution < 1.29 is 0 Å². The third-order valence-electron chi connectivity index (χ3n) is 4.16. The molecule has 0 aromatic carbocycles. The maximum absolute atomic E-state index is 4.50. The van der Waals surface area contributed by atoms with Crippen molar-refractivity contribution in [1.29, 1.82) is 0 Å². The van der Waals surface area contributed by atoms with E-state index >= 15 is 0 Å². The molecule has 0 bridgehead atoms. The molecule has 4 nitrogen and oxygen atoms in total. The second kappa shape index (κ2) is 7.60. The molecule has 0 amide bonds. The summed E-state index contributed by atoms with van der Waals surface area (Å²) in [5.41, 5.74) is 2.35. The molecule has 1 aromatic heterocycles. The number of hydrogen-bond donors (Lipinski definition) is 1. The fraction of sp³-hybridized carbons (Fsp3) is 0.688. The first-order valence-electron chi connectivity index (χ1n) is 7.92. The van der Waals surface area contributed by atoms with Gasteiger partial charge in [0.1, 0.15) is 0 Å². The normalized spacial score (nSPS) is 19.7. The van der Waals surface area contributed by atoms with Gasteiger partial charge in [0.15, 0.2) is 0 Å². The van der Waals surface area contributed by atoms with E-state index in [-0.39, 0.29) is 0 Å². The molecule has 0 aliphatic carbocycles. The first kappa shape index (κ1) is 15.3. The molecule has 20 heavy (non-hydrogen) atoms. The lowest BCUT2D eigenvalue weighted by Gasteiger charge is -2.26. The Morgan fingerprint density at radius 1 is 1.35 bits per heavy atom. The Kier molecular flexibility index (Phi) is 5.80. The van der Waals surface area contributed by atoms with Crippen LogP contribution >= 0.6 is 0 Å². The SMILES string of the molecule is CCNc1ccnc(CN2CCC(N(CC)CC)C2)c1. The van der Waals surface area contributed by atoms with E-state index in [2.05, 4.69) is 46.9 Å². The molecule has 0 radical (unpaired) electrons. The number of nitrogens with zero attached hydrogens (tertiary/aromatic N) is 3. The zero-order chi connectivity index (χ0) is 14.4. The van der Waals surface area contributed by atoms with E-state index in [0.29, 0.717) is 0 Å². The summed E-state index contributed by atoms with van der Waals surface area (Å²) in [6.45, 7) is 13.2. The van der Waals surface area contributed by atoms with Crippen molar-refractivity contribution in [2.24, 2.45) is 0 Å². The maximum atomic E-state index is 4.50. The van der Waals surface area contributed by atoms with E-state index in [1.807, 2.05) is 12.3 Å². The number of pyridine rings is 1. The summed E-state index contributed by atoms with van der Waals surface area (Å²) in [7, 11) is 0. The van der Waals surface area contributed by atoms with Crippen LogP contribution in [0.25, 0.3) is 0 Å². The van der Waals surface area contributed by atoms with Crippen molar-refractivity contribution >= 4 is 5.69 Å². The van der Waals surface area contributed by atoms with E-state index < -0.39 is 0 Å². The summed E-state index contributed by atoms with van der Waals surface area (Å²) in [5, 5.41) is 3.35. The van der Waals surface area contributed by atoms with Gasteiger partial charge >= 0.3 is 0 Å². The standard InChI is InChI=1S/C16H28N4/c1-4-17-14-7-9-18-15(11-14)12-19-10-8-16(13-19)20(5-2)6-3/h7,9,11,16H,4-6,8,10,12-13H2,1-3H3,(H,17,18). The van der Waals surface area contributed by atoms with Crippen molar-refractivity contribution in [3.8, 4) is 0 Å². The quantitative estimate of drug-likeness (QED) is 0.829. The van der Waals surface area contributed by atoms with Crippen LogP contribution in [0.5, 0.6) is 0 Å². The highest BCUT2D eigenvalue weighted by Crippen LogP contribution is 2.18. The van der Waals surface area contributed by atoms with Gasteiger partial charge in [-0.3, -0.25) is 14.8 Å². The lowest BCUT2D eigenvalue weighted by Crippen LogP contribution is -2.37. The summed E-state index contributed by atoms with van der Waals surface area (Å²) < 4.78 is 0. The Morgan fingerprint density at radius 2 is 2.15 bits per heavy atom. The van der Waals surface area contributed by atoms with Crippen LogP contribution in [-0.4, -0.2) is 53.5 Å². The predicted molar refractivity (Wildman–Crippen MR) is 85.0 cm³/mol. The minimum Gasteiger partial charge on any atom is -0.385 e. The molecule has 1 atom stereocenters. The fourth-order valence-corrected chi connectivity index (χ4v) is 3.10. The maximum Gasteiger partial charge on any atom is 0.0564 e. The lowest BCUT2D eigenvalue weighted by molar-refractivity contribution is 0.208. The van der Waals surface area contributed by atoms with E-state index in [1.54, 1.807) is 0 Å². The Labute approximate surface area is 123 Å². The minimum atomic E-state index is 0.724. The average molecular weight is 276 g/mol. The van der Waals surface area contributed by atoms with Gasteiger partial charge in [0.25, 0.3) is 0 Å². The zero-order valence-electron chi connectivity index (χ0n) is 13.1. The van der Waals surface area contributed by atoms with E-state index in [1.165, 1.54) is 30.9 Å². The van der Waals surface area contributed by atoms with Crippen LogP contribution in [0, 0.1) is 0 Å². The summed E-state index contributed by atoms with van der Waals surface area (Å²) in [4.78, 5) is 9.60. The molecule has 0 spiro atoms. The molecule has 2 heterocycles. The third-order valence-corrected chi connectivity index (χ3v) is 4.16. The van der Waals surface area contributed by atoms with Gasteiger partial charge < -0.3 is 5.32 Å². The predicted octanol–water partition coefficient (Wildman–Crippen LogP) is 2.43. The molecule has 0 saturated carbocycles. The fourth-order valence-electron chi connectivity index (χ4n) is 3.10. The molecule has 1 aromatic rings. The molecule has 112 valence electrons. The molecule has 4 heteroatoms. The molecule has 1 aliphatic rings. The van der Waals surface area contributed by atoms with Gasteiger partial charge in [-0.25, -0.2) is 0 Å². The smallest absolute Gasteiger partial charge is 0.0564 e. The highest BCUT2D eigenvalue weighted by Gasteiger charge is 2.26. The molecular formula is C16H28N4.